The topological polar surface area (TPSA) is 117 Å². The summed E-state index contributed by atoms with van der Waals surface area (Å²) in [5, 5.41) is 12.3. The number of aliphatic hydroxyl groups is 1. The Kier molecular flexibility index (Phi) is 8.67. The summed E-state index contributed by atoms with van der Waals surface area (Å²) < 4.78 is 7.07. The van der Waals surface area contributed by atoms with Crippen molar-refractivity contribution in [3.63, 3.8) is 0 Å². The zero-order valence-electron chi connectivity index (χ0n) is 21.5. The number of hydrogen-bond acceptors (Lipinski definition) is 7. The zero-order valence-corrected chi connectivity index (χ0v) is 21.5. The molecule has 1 saturated heterocycles. The number of aliphatic hydroxyl groups excluding tert-OH is 1. The van der Waals surface area contributed by atoms with Gasteiger partial charge in [0.2, 0.25) is 5.95 Å². The zero-order chi connectivity index (χ0) is 27.1. The van der Waals surface area contributed by atoms with Gasteiger partial charge in [-0.25, -0.2) is 4.98 Å². The van der Waals surface area contributed by atoms with Gasteiger partial charge in [-0.05, 0) is 66.2 Å². The fraction of sp³-hybridized carbons (Fsp3) is 0.286. The van der Waals surface area contributed by atoms with Gasteiger partial charge in [0.25, 0.3) is 11.8 Å². The second kappa shape index (κ2) is 12.3. The molecule has 1 fully saturated rings. The smallest absolute Gasteiger partial charge is 0.257 e. The van der Waals surface area contributed by atoms with Gasteiger partial charge in [-0.2, -0.15) is 0 Å². The van der Waals surface area contributed by atoms with Crippen LogP contribution in [0, 0.1) is 0 Å². The molecule has 10 heteroatoms. The standard InChI is InChI=1S/C28H31N5O5/c1-31(2)12-9-20(10-15-35)21-5-3-6-22(17-21)27(37)30-28-29-24-18-23(32-13-16-38-19-26(32)36)7-8-25(24)33(28)11-4-14-34/h3,5-10,12,15,17-18,34H,4,11,13-14,16,19H2,1-2H3,(H,29,30,37)/b12-9-,20-10+. The third-order valence-electron chi connectivity index (χ3n) is 6.05. The van der Waals surface area contributed by atoms with Crippen LogP contribution in [0.25, 0.3) is 16.6 Å². The Hall–Kier alpha value is -4.28. The van der Waals surface area contributed by atoms with E-state index in [0.29, 0.717) is 60.7 Å². The molecule has 0 bridgehead atoms. The third-order valence-corrected chi connectivity index (χ3v) is 6.05. The van der Waals surface area contributed by atoms with Crippen LogP contribution in [-0.2, 0) is 20.9 Å². The van der Waals surface area contributed by atoms with E-state index in [0.717, 1.165) is 11.1 Å². The van der Waals surface area contributed by atoms with Crippen molar-refractivity contribution in [1.29, 1.82) is 0 Å². The lowest BCUT2D eigenvalue weighted by molar-refractivity contribution is -0.125. The Morgan fingerprint density at radius 2 is 2.03 bits per heavy atom. The molecule has 0 atom stereocenters. The number of benzene rings is 2. The van der Waals surface area contributed by atoms with Crippen molar-refractivity contribution in [2.24, 2.45) is 0 Å². The van der Waals surface area contributed by atoms with Gasteiger partial charge in [-0.1, -0.05) is 12.1 Å². The van der Waals surface area contributed by atoms with E-state index in [9.17, 15) is 19.5 Å². The number of carbonyl (C=O) groups is 3. The van der Waals surface area contributed by atoms with Crippen molar-refractivity contribution in [2.45, 2.75) is 13.0 Å². The van der Waals surface area contributed by atoms with Gasteiger partial charge < -0.3 is 24.2 Å². The Morgan fingerprint density at radius 3 is 2.76 bits per heavy atom. The van der Waals surface area contributed by atoms with Gasteiger partial charge in [0.05, 0.1) is 17.6 Å². The van der Waals surface area contributed by atoms with Crippen molar-refractivity contribution >= 4 is 46.3 Å². The molecular weight excluding hydrogens is 486 g/mol. The summed E-state index contributed by atoms with van der Waals surface area (Å²) in [5.41, 5.74) is 3.90. The van der Waals surface area contributed by atoms with Crippen LogP contribution < -0.4 is 10.2 Å². The average molecular weight is 518 g/mol. The van der Waals surface area contributed by atoms with Crippen molar-refractivity contribution in [2.75, 3.05) is 50.7 Å². The number of fused-ring (bicyclic) bond motifs is 1. The number of aromatic nitrogens is 2. The summed E-state index contributed by atoms with van der Waals surface area (Å²) in [4.78, 5) is 44.9. The van der Waals surface area contributed by atoms with Gasteiger partial charge in [-0.15, -0.1) is 0 Å². The van der Waals surface area contributed by atoms with Crippen LogP contribution in [0.4, 0.5) is 11.6 Å². The average Bonchev–Trinajstić information content (AvgIpc) is 3.25. The summed E-state index contributed by atoms with van der Waals surface area (Å²) in [6.45, 7) is 1.39. The highest BCUT2D eigenvalue weighted by atomic mass is 16.5. The van der Waals surface area contributed by atoms with Gasteiger partial charge in [0.1, 0.15) is 12.9 Å². The molecule has 2 amide bonds. The normalized spacial score (nSPS) is 14.3. The molecule has 2 N–H and O–H groups in total. The van der Waals surface area contributed by atoms with E-state index in [-0.39, 0.29) is 25.0 Å². The van der Waals surface area contributed by atoms with Gasteiger partial charge in [0.15, 0.2) is 0 Å². The summed E-state index contributed by atoms with van der Waals surface area (Å²) in [7, 11) is 3.76. The SMILES string of the molecule is CN(C)/C=C\C(=C/C=O)c1cccc(C(=O)Nc2nc3cc(N4CCOCC4=O)ccc3n2CCCO)c1. The van der Waals surface area contributed by atoms with E-state index < -0.39 is 0 Å². The number of anilines is 2. The first-order chi connectivity index (χ1) is 18.4. The van der Waals surface area contributed by atoms with Crippen molar-refractivity contribution in [3.8, 4) is 0 Å². The summed E-state index contributed by atoms with van der Waals surface area (Å²) >= 11 is 0. The highest BCUT2D eigenvalue weighted by molar-refractivity contribution is 6.05. The number of carbonyl (C=O) groups excluding carboxylic acids is 3. The van der Waals surface area contributed by atoms with Crippen LogP contribution in [0.15, 0.2) is 60.8 Å². The van der Waals surface area contributed by atoms with Crippen LogP contribution in [-0.4, -0.2) is 78.1 Å². The van der Waals surface area contributed by atoms with E-state index in [1.54, 1.807) is 29.2 Å². The predicted molar refractivity (Wildman–Crippen MR) is 146 cm³/mol. The second-order valence-electron chi connectivity index (χ2n) is 9.01. The highest BCUT2D eigenvalue weighted by Gasteiger charge is 2.22. The molecule has 0 aliphatic carbocycles. The minimum absolute atomic E-state index is 0.0121. The molecule has 198 valence electrons. The number of ether oxygens (including phenoxy) is 1. The maximum Gasteiger partial charge on any atom is 0.257 e. The molecule has 2 heterocycles. The Balaban J connectivity index is 1.64. The van der Waals surface area contributed by atoms with Crippen LogP contribution in [0.5, 0.6) is 0 Å². The molecule has 4 rings (SSSR count). The van der Waals surface area contributed by atoms with E-state index >= 15 is 0 Å². The third kappa shape index (κ3) is 6.16. The van der Waals surface area contributed by atoms with Gasteiger partial charge in [0, 0.05) is 45.0 Å². The first-order valence-corrected chi connectivity index (χ1v) is 12.3. The molecule has 0 radical (unpaired) electrons. The molecule has 10 nitrogen and oxygen atoms in total. The Morgan fingerprint density at radius 1 is 1.21 bits per heavy atom. The van der Waals surface area contributed by atoms with Crippen molar-refractivity contribution in [3.05, 3.63) is 71.9 Å². The summed E-state index contributed by atoms with van der Waals surface area (Å²) in [6.07, 6.45) is 6.26. The Labute approximate surface area is 220 Å². The van der Waals surface area contributed by atoms with Gasteiger partial charge in [-0.3, -0.25) is 19.7 Å². The number of aldehydes is 1. The van der Waals surface area contributed by atoms with Gasteiger partial charge >= 0.3 is 0 Å². The molecule has 1 aliphatic heterocycles. The lowest BCUT2D eigenvalue weighted by atomic mass is 10.0. The first-order valence-electron chi connectivity index (χ1n) is 12.3. The van der Waals surface area contributed by atoms with Crippen molar-refractivity contribution in [1.82, 2.24) is 14.5 Å². The number of nitrogens with one attached hydrogen (secondary N) is 1. The number of hydrogen-bond donors (Lipinski definition) is 2. The van der Waals surface area contributed by atoms with Crippen LogP contribution in [0.1, 0.15) is 22.3 Å². The number of imidazole rings is 1. The summed E-state index contributed by atoms with van der Waals surface area (Å²) in [5.74, 6) is -0.143. The quantitative estimate of drug-likeness (QED) is 0.241. The molecule has 0 saturated carbocycles. The summed E-state index contributed by atoms with van der Waals surface area (Å²) in [6, 6.07) is 12.5. The molecule has 0 spiro atoms. The molecule has 1 aromatic heterocycles. The van der Waals surface area contributed by atoms with E-state index in [1.807, 2.05) is 54.0 Å². The molecule has 3 aromatic rings. The van der Waals surface area contributed by atoms with Crippen LogP contribution in [0.2, 0.25) is 0 Å². The number of nitrogens with zero attached hydrogens (tertiary/aromatic N) is 4. The fourth-order valence-corrected chi connectivity index (χ4v) is 4.19. The molecular formula is C28H31N5O5. The lowest BCUT2D eigenvalue weighted by Gasteiger charge is -2.26. The van der Waals surface area contributed by atoms with Crippen LogP contribution in [0.3, 0.4) is 0 Å². The van der Waals surface area contributed by atoms with E-state index in [4.69, 9.17) is 4.74 Å². The molecule has 38 heavy (non-hydrogen) atoms. The Bertz CT molecular complexity index is 1390. The van der Waals surface area contributed by atoms with Crippen molar-refractivity contribution < 1.29 is 24.2 Å². The minimum atomic E-state index is -0.363. The van der Waals surface area contributed by atoms with E-state index in [2.05, 4.69) is 10.3 Å². The maximum atomic E-state index is 13.3. The molecule has 2 aromatic carbocycles. The lowest BCUT2D eigenvalue weighted by Crippen LogP contribution is -2.41. The number of aryl methyl sites for hydroxylation is 1. The minimum Gasteiger partial charge on any atom is -0.396 e. The number of rotatable bonds is 10. The monoisotopic (exact) mass is 517 g/mol. The molecule has 1 aliphatic rings. The highest BCUT2D eigenvalue weighted by Crippen LogP contribution is 2.27. The number of amides is 2. The van der Waals surface area contributed by atoms with Crippen LogP contribution >= 0.6 is 0 Å². The second-order valence-corrected chi connectivity index (χ2v) is 9.01. The maximum absolute atomic E-state index is 13.3. The molecule has 0 unspecified atom stereocenters. The largest absolute Gasteiger partial charge is 0.396 e. The number of allylic oxidation sites excluding steroid dienone is 3. The fourth-order valence-electron chi connectivity index (χ4n) is 4.19. The number of morpholine rings is 1. The van der Waals surface area contributed by atoms with E-state index in [1.165, 1.54) is 6.08 Å². The first kappa shape index (κ1) is 26.8. The predicted octanol–water partition coefficient (Wildman–Crippen LogP) is 2.69.